The first-order valence-electron chi connectivity index (χ1n) is 4.19. The molecule has 1 fully saturated rings. The first-order valence-corrected chi connectivity index (χ1v) is 4.19. The first-order chi connectivity index (χ1) is 5.33. The van der Waals surface area contributed by atoms with Gasteiger partial charge in [-0.3, -0.25) is 5.32 Å². The minimum atomic E-state index is 0. The van der Waals surface area contributed by atoms with Gasteiger partial charge < -0.3 is 9.47 Å². The highest BCUT2D eigenvalue weighted by Crippen LogP contribution is 2.07. The van der Waals surface area contributed by atoms with Crippen molar-refractivity contribution in [1.82, 2.24) is 5.32 Å². The Morgan fingerprint density at radius 1 is 1.58 bits per heavy atom. The first kappa shape index (κ1) is 12.2. The Bertz CT molecular complexity index is 113. The van der Waals surface area contributed by atoms with Gasteiger partial charge >= 0.3 is 0 Å². The summed E-state index contributed by atoms with van der Waals surface area (Å²) in [6, 6.07) is 0.516. The Kier molecular flexibility index (Phi) is 6.76. The molecule has 2 atom stereocenters. The molecule has 1 N–H and O–H groups in total. The molecule has 1 saturated heterocycles. The fourth-order valence-corrected chi connectivity index (χ4v) is 1.25. The third-order valence-electron chi connectivity index (χ3n) is 1.83. The zero-order valence-corrected chi connectivity index (χ0v) is 8.52. The number of nitrogens with one attached hydrogen (secondary N) is 1. The zero-order valence-electron chi connectivity index (χ0n) is 7.71. The van der Waals surface area contributed by atoms with Gasteiger partial charge in [0, 0.05) is 19.8 Å². The monoisotopic (exact) mass is 195 g/mol. The summed E-state index contributed by atoms with van der Waals surface area (Å²) in [4.78, 5) is 0. The minimum absolute atomic E-state index is 0. The molecular formula is C8H18ClNO2. The summed E-state index contributed by atoms with van der Waals surface area (Å²) in [7, 11) is 1.73. The van der Waals surface area contributed by atoms with Crippen molar-refractivity contribution in [2.24, 2.45) is 0 Å². The number of halogens is 1. The summed E-state index contributed by atoms with van der Waals surface area (Å²) >= 11 is 0. The maximum Gasteiger partial charge on any atom is 0.108 e. The molecule has 12 heavy (non-hydrogen) atoms. The highest BCUT2D eigenvalue weighted by atomic mass is 35.5. The summed E-state index contributed by atoms with van der Waals surface area (Å²) < 4.78 is 10.4. The Morgan fingerprint density at radius 2 is 2.33 bits per heavy atom. The van der Waals surface area contributed by atoms with E-state index in [0.29, 0.717) is 6.04 Å². The fraction of sp³-hybridized carbons (Fsp3) is 1.00. The predicted molar refractivity (Wildman–Crippen MR) is 50.7 cm³/mol. The summed E-state index contributed by atoms with van der Waals surface area (Å²) in [5.41, 5.74) is 0. The molecule has 1 rings (SSSR count). The molecule has 1 heterocycles. The van der Waals surface area contributed by atoms with Crippen molar-refractivity contribution in [2.45, 2.75) is 32.0 Å². The van der Waals surface area contributed by atoms with Crippen LogP contribution in [0.15, 0.2) is 0 Å². The molecule has 3 nitrogen and oxygen atoms in total. The maximum absolute atomic E-state index is 5.45. The van der Waals surface area contributed by atoms with Crippen molar-refractivity contribution in [2.75, 3.05) is 20.3 Å². The fourth-order valence-electron chi connectivity index (χ4n) is 1.25. The van der Waals surface area contributed by atoms with E-state index in [9.17, 15) is 0 Å². The number of ether oxygens (including phenoxy) is 2. The lowest BCUT2D eigenvalue weighted by atomic mass is 10.3. The van der Waals surface area contributed by atoms with Crippen LogP contribution in [0.2, 0.25) is 0 Å². The van der Waals surface area contributed by atoms with E-state index < -0.39 is 0 Å². The van der Waals surface area contributed by atoms with E-state index in [1.165, 1.54) is 0 Å². The van der Waals surface area contributed by atoms with Crippen LogP contribution < -0.4 is 5.32 Å². The summed E-state index contributed by atoms with van der Waals surface area (Å²) in [6.45, 7) is 3.81. The normalized spacial score (nSPS) is 28.5. The quantitative estimate of drug-likeness (QED) is 0.684. The van der Waals surface area contributed by atoms with Gasteiger partial charge in [-0.05, 0) is 19.8 Å². The molecule has 0 saturated carbocycles. The molecule has 0 spiro atoms. The van der Waals surface area contributed by atoms with Gasteiger partial charge in [0.25, 0.3) is 0 Å². The van der Waals surface area contributed by atoms with Crippen molar-refractivity contribution in [1.29, 1.82) is 0 Å². The second kappa shape index (κ2) is 6.66. The van der Waals surface area contributed by atoms with Crippen LogP contribution in [0, 0.1) is 0 Å². The summed E-state index contributed by atoms with van der Waals surface area (Å²) in [5.74, 6) is 0. The van der Waals surface area contributed by atoms with Gasteiger partial charge in [0.1, 0.15) is 6.23 Å². The lowest BCUT2D eigenvalue weighted by Crippen LogP contribution is -2.28. The largest absolute Gasteiger partial charge is 0.385 e. The van der Waals surface area contributed by atoms with E-state index >= 15 is 0 Å². The van der Waals surface area contributed by atoms with Crippen LogP contribution in [0.5, 0.6) is 0 Å². The van der Waals surface area contributed by atoms with Gasteiger partial charge in [0.05, 0.1) is 6.61 Å². The number of rotatable bonds is 4. The summed E-state index contributed by atoms with van der Waals surface area (Å²) in [6.07, 6.45) is 2.39. The molecule has 1 aliphatic rings. The molecule has 1 aliphatic heterocycles. The molecule has 0 amide bonds. The van der Waals surface area contributed by atoms with Crippen LogP contribution >= 0.6 is 12.4 Å². The van der Waals surface area contributed by atoms with E-state index in [2.05, 4.69) is 12.2 Å². The van der Waals surface area contributed by atoms with Crippen LogP contribution in [0.1, 0.15) is 19.8 Å². The van der Waals surface area contributed by atoms with Crippen molar-refractivity contribution >= 4 is 12.4 Å². The van der Waals surface area contributed by atoms with Gasteiger partial charge in [-0.25, -0.2) is 0 Å². The molecule has 2 unspecified atom stereocenters. The lowest BCUT2D eigenvalue weighted by Gasteiger charge is -2.09. The molecule has 4 heteroatoms. The standard InChI is InChI=1S/C8H17NO2.ClH/c1-7-6-11-8(9-7)4-3-5-10-2;/h7-9H,3-6H2,1-2H3;1H. The van der Waals surface area contributed by atoms with E-state index in [4.69, 9.17) is 9.47 Å². The molecule has 74 valence electrons. The highest BCUT2D eigenvalue weighted by Gasteiger charge is 2.19. The van der Waals surface area contributed by atoms with Crippen molar-refractivity contribution < 1.29 is 9.47 Å². The third kappa shape index (κ3) is 4.26. The molecule has 0 aromatic rings. The second-order valence-electron chi connectivity index (χ2n) is 3.02. The van der Waals surface area contributed by atoms with Crippen LogP contribution in [0.25, 0.3) is 0 Å². The number of hydrogen-bond acceptors (Lipinski definition) is 3. The second-order valence-corrected chi connectivity index (χ2v) is 3.02. The van der Waals surface area contributed by atoms with Gasteiger partial charge in [0.15, 0.2) is 0 Å². The molecule has 0 aromatic heterocycles. The predicted octanol–water partition coefficient (Wildman–Crippen LogP) is 1.17. The summed E-state index contributed by atoms with van der Waals surface area (Å²) in [5, 5.41) is 3.33. The minimum Gasteiger partial charge on any atom is -0.385 e. The van der Waals surface area contributed by atoms with Crippen LogP contribution in [-0.4, -0.2) is 32.6 Å². The topological polar surface area (TPSA) is 30.5 Å². The van der Waals surface area contributed by atoms with Gasteiger partial charge in [-0.2, -0.15) is 0 Å². The Morgan fingerprint density at radius 3 is 2.83 bits per heavy atom. The van der Waals surface area contributed by atoms with Gasteiger partial charge in [-0.1, -0.05) is 0 Å². The third-order valence-corrected chi connectivity index (χ3v) is 1.83. The maximum atomic E-state index is 5.45. The van der Waals surface area contributed by atoms with Crippen molar-refractivity contribution in [3.05, 3.63) is 0 Å². The average molecular weight is 196 g/mol. The van der Waals surface area contributed by atoms with Gasteiger partial charge in [-0.15, -0.1) is 12.4 Å². The van der Waals surface area contributed by atoms with Crippen LogP contribution in [0.4, 0.5) is 0 Å². The van der Waals surface area contributed by atoms with Crippen molar-refractivity contribution in [3.63, 3.8) is 0 Å². The molecule has 0 aliphatic carbocycles. The van der Waals surface area contributed by atoms with Crippen LogP contribution in [-0.2, 0) is 9.47 Å². The molecule has 0 aromatic carbocycles. The highest BCUT2D eigenvalue weighted by molar-refractivity contribution is 5.85. The lowest BCUT2D eigenvalue weighted by molar-refractivity contribution is 0.0823. The average Bonchev–Trinajstić information content (AvgIpc) is 2.37. The van der Waals surface area contributed by atoms with E-state index in [1.807, 2.05) is 0 Å². The smallest absolute Gasteiger partial charge is 0.108 e. The Labute approximate surface area is 80.2 Å². The van der Waals surface area contributed by atoms with E-state index in [-0.39, 0.29) is 18.6 Å². The number of hydrogen-bond donors (Lipinski definition) is 1. The zero-order chi connectivity index (χ0) is 8.10. The molecular weight excluding hydrogens is 178 g/mol. The number of methoxy groups -OCH3 is 1. The molecule has 0 radical (unpaired) electrons. The molecule has 0 bridgehead atoms. The van der Waals surface area contributed by atoms with Crippen molar-refractivity contribution in [3.8, 4) is 0 Å². The van der Waals surface area contributed by atoms with E-state index in [1.54, 1.807) is 7.11 Å². The van der Waals surface area contributed by atoms with Crippen LogP contribution in [0.3, 0.4) is 0 Å². The Balaban J connectivity index is 0.00000121. The Hall–Kier alpha value is 0.170. The SMILES string of the molecule is COCCCC1NC(C)CO1.Cl. The van der Waals surface area contributed by atoms with Gasteiger partial charge in [0.2, 0.25) is 0 Å². The van der Waals surface area contributed by atoms with E-state index in [0.717, 1.165) is 26.1 Å².